The van der Waals surface area contributed by atoms with Gasteiger partial charge < -0.3 is 15.2 Å². The molecule has 2 rings (SSSR count). The number of carboxylic acid groups (broad SMARTS) is 1. The third-order valence-electron chi connectivity index (χ3n) is 2.76. The van der Waals surface area contributed by atoms with Crippen molar-refractivity contribution in [1.82, 2.24) is 5.32 Å². The summed E-state index contributed by atoms with van der Waals surface area (Å²) in [5, 5.41) is 11.3. The number of benzene rings is 1. The molecule has 1 atom stereocenters. The molecule has 5 heteroatoms. The molecule has 1 unspecified atom stereocenters. The van der Waals surface area contributed by atoms with Crippen molar-refractivity contribution in [3.8, 4) is 5.75 Å². The quantitative estimate of drug-likeness (QED) is 0.743. The van der Waals surface area contributed by atoms with Gasteiger partial charge in [-0.1, -0.05) is 6.07 Å². The zero-order valence-corrected chi connectivity index (χ0v) is 9.18. The van der Waals surface area contributed by atoms with Gasteiger partial charge in [0.2, 0.25) is 6.41 Å². The summed E-state index contributed by atoms with van der Waals surface area (Å²) >= 11 is 0. The molecule has 2 N–H and O–H groups in total. The van der Waals surface area contributed by atoms with Crippen molar-refractivity contribution in [1.29, 1.82) is 0 Å². The monoisotopic (exact) mass is 235 g/mol. The molecule has 0 aromatic heterocycles. The van der Waals surface area contributed by atoms with E-state index in [2.05, 4.69) is 5.32 Å². The zero-order chi connectivity index (χ0) is 12.3. The molecule has 0 saturated carbocycles. The lowest BCUT2D eigenvalue weighted by molar-refractivity contribution is -0.137. The van der Waals surface area contributed by atoms with Crippen LogP contribution < -0.4 is 10.1 Å². The number of hydrogen-bond donors (Lipinski definition) is 2. The summed E-state index contributed by atoms with van der Waals surface area (Å²) < 4.78 is 5.37. The Balaban J connectivity index is 2.23. The fourth-order valence-corrected chi connectivity index (χ4v) is 1.95. The highest BCUT2D eigenvalue weighted by Crippen LogP contribution is 2.28. The minimum atomic E-state index is -0.943. The topological polar surface area (TPSA) is 75.6 Å². The number of carboxylic acids is 1. The Morgan fingerprint density at radius 3 is 3.12 bits per heavy atom. The first-order valence-corrected chi connectivity index (χ1v) is 5.38. The Bertz CT molecular complexity index is 444. The molecule has 0 saturated heterocycles. The van der Waals surface area contributed by atoms with Crippen molar-refractivity contribution in [2.75, 3.05) is 6.61 Å². The van der Waals surface area contributed by atoms with E-state index in [4.69, 9.17) is 9.84 Å². The Labute approximate surface area is 98.4 Å². The molecule has 1 aliphatic heterocycles. The van der Waals surface area contributed by atoms with Crippen molar-refractivity contribution < 1.29 is 19.4 Å². The predicted octanol–water partition coefficient (Wildman–Crippen LogP) is 0.883. The van der Waals surface area contributed by atoms with Crippen molar-refractivity contribution in [3.05, 3.63) is 29.3 Å². The van der Waals surface area contributed by atoms with E-state index in [-0.39, 0.29) is 6.42 Å². The second-order valence-electron chi connectivity index (χ2n) is 3.90. The molecule has 1 heterocycles. The summed E-state index contributed by atoms with van der Waals surface area (Å²) in [6.07, 6.45) is 1.22. The fraction of sp³-hybridized carbons (Fsp3) is 0.333. The van der Waals surface area contributed by atoms with Gasteiger partial charge in [-0.3, -0.25) is 9.59 Å². The van der Waals surface area contributed by atoms with E-state index < -0.39 is 12.0 Å². The Hall–Kier alpha value is -2.04. The lowest BCUT2D eigenvalue weighted by Crippen LogP contribution is -2.22. The number of fused-ring (bicyclic) bond motifs is 1. The maximum absolute atomic E-state index is 10.7. The number of rotatable bonds is 5. The van der Waals surface area contributed by atoms with Crippen molar-refractivity contribution in [2.45, 2.75) is 18.9 Å². The van der Waals surface area contributed by atoms with Crippen LogP contribution in [0, 0.1) is 0 Å². The zero-order valence-electron chi connectivity index (χ0n) is 9.18. The first kappa shape index (κ1) is 11.4. The highest BCUT2D eigenvalue weighted by Gasteiger charge is 2.18. The number of nitrogens with one attached hydrogen (secondary N) is 1. The normalized spacial score (nSPS) is 14.6. The van der Waals surface area contributed by atoms with Gasteiger partial charge in [-0.05, 0) is 23.3 Å². The van der Waals surface area contributed by atoms with E-state index in [1.54, 1.807) is 6.07 Å². The summed E-state index contributed by atoms with van der Waals surface area (Å²) in [6, 6.07) is 5.01. The molecule has 90 valence electrons. The number of ether oxygens (including phenoxy) is 1. The molecule has 1 aromatic rings. The summed E-state index contributed by atoms with van der Waals surface area (Å²) in [5.41, 5.74) is 1.86. The van der Waals surface area contributed by atoms with Crippen LogP contribution in [-0.2, 0) is 16.0 Å². The lowest BCUT2D eigenvalue weighted by atomic mass is 10.0. The van der Waals surface area contributed by atoms with Crippen molar-refractivity contribution in [3.63, 3.8) is 0 Å². The maximum Gasteiger partial charge on any atom is 0.305 e. The summed E-state index contributed by atoms with van der Waals surface area (Å²) in [5.74, 6) is -0.102. The molecule has 0 bridgehead atoms. The molecule has 1 aliphatic rings. The van der Waals surface area contributed by atoms with E-state index in [1.165, 1.54) is 0 Å². The van der Waals surface area contributed by atoms with Crippen LogP contribution in [0.5, 0.6) is 5.75 Å². The van der Waals surface area contributed by atoms with Gasteiger partial charge in [-0.15, -0.1) is 0 Å². The van der Waals surface area contributed by atoms with Crippen LogP contribution in [0.15, 0.2) is 18.2 Å². The van der Waals surface area contributed by atoms with E-state index in [0.29, 0.717) is 13.0 Å². The minimum Gasteiger partial charge on any atom is -0.493 e. The molecule has 5 nitrogen and oxygen atoms in total. The van der Waals surface area contributed by atoms with Gasteiger partial charge in [0.05, 0.1) is 19.1 Å². The second-order valence-corrected chi connectivity index (χ2v) is 3.90. The number of carbonyl (C=O) groups is 2. The molecular weight excluding hydrogens is 222 g/mol. The number of carbonyl (C=O) groups excluding carboxylic acids is 1. The summed E-state index contributed by atoms with van der Waals surface area (Å²) in [4.78, 5) is 21.2. The number of hydrogen-bond acceptors (Lipinski definition) is 3. The van der Waals surface area contributed by atoms with E-state index in [0.717, 1.165) is 23.3 Å². The van der Waals surface area contributed by atoms with Crippen LogP contribution in [0.4, 0.5) is 0 Å². The van der Waals surface area contributed by atoms with Gasteiger partial charge in [0.1, 0.15) is 5.75 Å². The molecule has 1 amide bonds. The predicted molar refractivity (Wildman–Crippen MR) is 59.8 cm³/mol. The summed E-state index contributed by atoms with van der Waals surface area (Å²) in [6.45, 7) is 0.656. The minimum absolute atomic E-state index is 0.127. The van der Waals surface area contributed by atoms with Gasteiger partial charge in [0.15, 0.2) is 0 Å². The Kier molecular flexibility index (Phi) is 3.27. The molecule has 0 aliphatic carbocycles. The highest BCUT2D eigenvalue weighted by atomic mass is 16.5. The van der Waals surface area contributed by atoms with Gasteiger partial charge in [-0.2, -0.15) is 0 Å². The van der Waals surface area contributed by atoms with Crippen LogP contribution in [-0.4, -0.2) is 24.1 Å². The third-order valence-corrected chi connectivity index (χ3v) is 2.76. The third kappa shape index (κ3) is 2.55. The second kappa shape index (κ2) is 4.86. The summed E-state index contributed by atoms with van der Waals surface area (Å²) in [7, 11) is 0. The fourth-order valence-electron chi connectivity index (χ4n) is 1.95. The average molecular weight is 235 g/mol. The largest absolute Gasteiger partial charge is 0.493 e. The first-order chi connectivity index (χ1) is 8.20. The van der Waals surface area contributed by atoms with Crippen molar-refractivity contribution >= 4 is 12.4 Å². The molecular formula is C12H13NO4. The van der Waals surface area contributed by atoms with Crippen LogP contribution in [0.25, 0.3) is 0 Å². The molecule has 0 fully saturated rings. The van der Waals surface area contributed by atoms with E-state index in [1.807, 2.05) is 12.1 Å². The molecule has 0 spiro atoms. The maximum atomic E-state index is 10.7. The van der Waals surface area contributed by atoms with Crippen LogP contribution in [0.3, 0.4) is 0 Å². The van der Waals surface area contributed by atoms with E-state index in [9.17, 15) is 9.59 Å². The Morgan fingerprint density at radius 1 is 1.59 bits per heavy atom. The van der Waals surface area contributed by atoms with Crippen LogP contribution in [0.1, 0.15) is 23.6 Å². The van der Waals surface area contributed by atoms with Gasteiger partial charge in [0, 0.05) is 6.42 Å². The Morgan fingerprint density at radius 2 is 2.41 bits per heavy atom. The van der Waals surface area contributed by atoms with Gasteiger partial charge in [0.25, 0.3) is 0 Å². The van der Waals surface area contributed by atoms with Crippen molar-refractivity contribution in [2.24, 2.45) is 0 Å². The number of amides is 1. The van der Waals surface area contributed by atoms with Gasteiger partial charge in [-0.25, -0.2) is 0 Å². The average Bonchev–Trinajstić information content (AvgIpc) is 2.74. The lowest BCUT2D eigenvalue weighted by Gasteiger charge is -2.15. The smallest absolute Gasteiger partial charge is 0.305 e. The van der Waals surface area contributed by atoms with Crippen LogP contribution >= 0.6 is 0 Å². The van der Waals surface area contributed by atoms with Gasteiger partial charge >= 0.3 is 5.97 Å². The number of aliphatic carboxylic acids is 1. The highest BCUT2D eigenvalue weighted by molar-refractivity contribution is 5.68. The molecule has 17 heavy (non-hydrogen) atoms. The molecule has 0 radical (unpaired) electrons. The standard InChI is InChI=1S/C12H13NO4/c14-7-13-10(6-12(15)16)8-1-2-11-9(5-8)3-4-17-11/h1-2,5,7,10H,3-4,6H2,(H,13,14)(H,15,16). The SMILES string of the molecule is O=CNC(CC(=O)O)c1ccc2c(c1)CCO2. The van der Waals surface area contributed by atoms with E-state index >= 15 is 0 Å². The first-order valence-electron chi connectivity index (χ1n) is 5.38. The molecule has 1 aromatic carbocycles. The van der Waals surface area contributed by atoms with Crippen LogP contribution in [0.2, 0.25) is 0 Å².